The molecule has 0 aromatic heterocycles. The second-order valence-corrected chi connectivity index (χ2v) is 7.77. The number of unbranched alkanes of at least 4 members (excludes halogenated alkanes) is 1. The first kappa shape index (κ1) is 18.9. The largest absolute Gasteiger partial charge is 0.391 e. The molecule has 3 rings (SSSR count). The van der Waals surface area contributed by atoms with E-state index in [9.17, 15) is 5.11 Å². The van der Waals surface area contributed by atoms with Crippen molar-refractivity contribution in [3.8, 4) is 0 Å². The van der Waals surface area contributed by atoms with Gasteiger partial charge in [0.25, 0.3) is 0 Å². The number of aliphatic hydroxyl groups excluding tert-OH is 1. The lowest BCUT2D eigenvalue weighted by Gasteiger charge is -2.33. The van der Waals surface area contributed by atoms with Crippen molar-refractivity contribution in [3.05, 3.63) is 65.7 Å². The first-order chi connectivity index (χ1) is 12.6. The van der Waals surface area contributed by atoms with Crippen LogP contribution < -0.4 is 4.90 Å². The molecule has 26 heavy (non-hydrogen) atoms. The van der Waals surface area contributed by atoms with Gasteiger partial charge in [0, 0.05) is 18.3 Å². The summed E-state index contributed by atoms with van der Waals surface area (Å²) in [4.78, 5) is 4.63. The number of hydrogen-bond acceptors (Lipinski definition) is 3. The third kappa shape index (κ3) is 5.09. The Morgan fingerprint density at radius 3 is 2.15 bits per heavy atom. The van der Waals surface area contributed by atoms with E-state index in [-0.39, 0.29) is 6.10 Å². The minimum absolute atomic E-state index is 0.277. The lowest BCUT2D eigenvalue weighted by Crippen LogP contribution is -2.41. The number of benzene rings is 2. The van der Waals surface area contributed by atoms with Crippen LogP contribution in [0.25, 0.3) is 0 Å². The highest BCUT2D eigenvalue weighted by atomic mass is 16.3. The standard InChI is InChI=1S/C23H32N2O/c1-24(2)15-9-8-14-23(26)18-25(21-12-4-3-5-13-21)22-16-19-10-6-7-11-20(19)17-22/h3-7,10-13,22-23,26H,8-9,14-18H2,1-2H3. The van der Waals surface area contributed by atoms with Crippen LogP contribution in [0.5, 0.6) is 0 Å². The third-order valence-corrected chi connectivity index (χ3v) is 5.36. The quantitative estimate of drug-likeness (QED) is 0.696. The number of rotatable bonds is 9. The molecule has 1 aliphatic rings. The Bertz CT molecular complexity index is 646. The van der Waals surface area contributed by atoms with Crippen molar-refractivity contribution in [1.29, 1.82) is 0 Å². The van der Waals surface area contributed by atoms with E-state index in [0.29, 0.717) is 12.6 Å². The number of hydrogen-bond donors (Lipinski definition) is 1. The molecule has 0 amide bonds. The molecule has 0 radical (unpaired) electrons. The fourth-order valence-electron chi connectivity index (χ4n) is 3.97. The van der Waals surface area contributed by atoms with Gasteiger partial charge in [0.2, 0.25) is 0 Å². The van der Waals surface area contributed by atoms with Crippen LogP contribution >= 0.6 is 0 Å². The van der Waals surface area contributed by atoms with Crippen LogP contribution in [0.4, 0.5) is 5.69 Å². The minimum Gasteiger partial charge on any atom is -0.391 e. The van der Waals surface area contributed by atoms with Gasteiger partial charge in [-0.25, -0.2) is 0 Å². The van der Waals surface area contributed by atoms with Crippen molar-refractivity contribution in [3.63, 3.8) is 0 Å². The van der Waals surface area contributed by atoms with Crippen molar-refractivity contribution in [2.45, 2.75) is 44.2 Å². The zero-order valence-electron chi connectivity index (χ0n) is 16.1. The van der Waals surface area contributed by atoms with Gasteiger partial charge in [-0.1, -0.05) is 42.5 Å². The predicted octanol–water partition coefficient (Wildman–Crippen LogP) is 3.75. The van der Waals surface area contributed by atoms with E-state index in [0.717, 1.165) is 38.6 Å². The van der Waals surface area contributed by atoms with E-state index < -0.39 is 0 Å². The maximum absolute atomic E-state index is 10.7. The molecule has 2 aromatic rings. The van der Waals surface area contributed by atoms with Crippen LogP contribution in [-0.2, 0) is 12.8 Å². The van der Waals surface area contributed by atoms with Gasteiger partial charge >= 0.3 is 0 Å². The summed E-state index contributed by atoms with van der Waals surface area (Å²) in [6.45, 7) is 1.80. The topological polar surface area (TPSA) is 26.7 Å². The first-order valence-electron chi connectivity index (χ1n) is 9.85. The molecule has 0 bridgehead atoms. The number of nitrogens with zero attached hydrogens (tertiary/aromatic N) is 2. The molecule has 0 spiro atoms. The van der Waals surface area contributed by atoms with Gasteiger partial charge in [0.05, 0.1) is 6.10 Å². The fraction of sp³-hybridized carbons (Fsp3) is 0.478. The Kier molecular flexibility index (Phi) is 6.70. The second-order valence-electron chi connectivity index (χ2n) is 7.77. The Hall–Kier alpha value is -1.84. The zero-order chi connectivity index (χ0) is 18.4. The van der Waals surface area contributed by atoms with Gasteiger partial charge in [0.1, 0.15) is 0 Å². The molecule has 0 saturated carbocycles. The normalized spacial score (nSPS) is 15.2. The summed E-state index contributed by atoms with van der Waals surface area (Å²) >= 11 is 0. The highest BCUT2D eigenvalue weighted by Gasteiger charge is 2.28. The smallest absolute Gasteiger partial charge is 0.0715 e. The van der Waals surface area contributed by atoms with Crippen molar-refractivity contribution in [2.24, 2.45) is 0 Å². The van der Waals surface area contributed by atoms with Gasteiger partial charge in [-0.05, 0) is 76.0 Å². The van der Waals surface area contributed by atoms with Crippen LogP contribution in [0.1, 0.15) is 30.4 Å². The molecule has 1 atom stereocenters. The van der Waals surface area contributed by atoms with Gasteiger partial charge in [-0.15, -0.1) is 0 Å². The van der Waals surface area contributed by atoms with Crippen LogP contribution in [-0.4, -0.2) is 49.3 Å². The Morgan fingerprint density at radius 2 is 1.54 bits per heavy atom. The van der Waals surface area contributed by atoms with Crippen LogP contribution in [0.15, 0.2) is 54.6 Å². The molecule has 1 aliphatic carbocycles. The SMILES string of the molecule is CN(C)CCCCC(O)CN(c1ccccc1)C1Cc2ccccc2C1. The van der Waals surface area contributed by atoms with Gasteiger partial charge in [-0.3, -0.25) is 0 Å². The zero-order valence-corrected chi connectivity index (χ0v) is 16.1. The highest BCUT2D eigenvalue weighted by molar-refractivity contribution is 5.50. The summed E-state index contributed by atoms with van der Waals surface area (Å²) in [7, 11) is 4.21. The summed E-state index contributed by atoms with van der Waals surface area (Å²) in [5.41, 5.74) is 4.13. The first-order valence-corrected chi connectivity index (χ1v) is 9.85. The molecule has 1 N–H and O–H groups in total. The van der Waals surface area contributed by atoms with Crippen LogP contribution in [0, 0.1) is 0 Å². The van der Waals surface area contributed by atoms with Gasteiger partial charge < -0.3 is 14.9 Å². The molecule has 3 heteroatoms. The summed E-state index contributed by atoms with van der Waals surface area (Å²) in [6.07, 6.45) is 4.95. The monoisotopic (exact) mass is 352 g/mol. The van der Waals surface area contributed by atoms with E-state index in [1.54, 1.807) is 0 Å². The van der Waals surface area contributed by atoms with Crippen LogP contribution in [0.3, 0.4) is 0 Å². The molecule has 0 aliphatic heterocycles. The van der Waals surface area contributed by atoms with Gasteiger partial charge in [-0.2, -0.15) is 0 Å². The summed E-state index contributed by atoms with van der Waals surface area (Å²) in [6, 6.07) is 19.8. The second kappa shape index (κ2) is 9.20. The van der Waals surface area contributed by atoms with E-state index >= 15 is 0 Å². The van der Waals surface area contributed by atoms with Crippen LogP contribution in [0.2, 0.25) is 0 Å². The molecular weight excluding hydrogens is 320 g/mol. The third-order valence-electron chi connectivity index (χ3n) is 5.36. The van der Waals surface area contributed by atoms with E-state index in [1.165, 1.54) is 16.8 Å². The molecule has 0 saturated heterocycles. The summed E-state index contributed by atoms with van der Waals surface area (Å²) < 4.78 is 0. The van der Waals surface area contributed by atoms with Crippen molar-refractivity contribution >= 4 is 5.69 Å². The van der Waals surface area contributed by atoms with E-state index in [2.05, 4.69) is 78.5 Å². The molecule has 140 valence electrons. The van der Waals surface area contributed by atoms with Gasteiger partial charge in [0.15, 0.2) is 0 Å². The summed E-state index contributed by atoms with van der Waals surface area (Å²) in [5, 5.41) is 10.7. The number of anilines is 1. The average Bonchev–Trinajstić information content (AvgIpc) is 3.07. The molecular formula is C23H32N2O. The number of fused-ring (bicyclic) bond motifs is 1. The number of para-hydroxylation sites is 1. The van der Waals surface area contributed by atoms with Crippen molar-refractivity contribution < 1.29 is 5.11 Å². The lowest BCUT2D eigenvalue weighted by molar-refractivity contribution is 0.162. The Labute approximate surface area is 158 Å². The fourth-order valence-corrected chi connectivity index (χ4v) is 3.97. The van der Waals surface area contributed by atoms with Crippen molar-refractivity contribution in [1.82, 2.24) is 4.90 Å². The molecule has 0 fully saturated rings. The predicted molar refractivity (Wildman–Crippen MR) is 110 cm³/mol. The maximum Gasteiger partial charge on any atom is 0.0715 e. The summed E-state index contributed by atoms with van der Waals surface area (Å²) in [5.74, 6) is 0. The minimum atomic E-state index is -0.277. The average molecular weight is 353 g/mol. The molecule has 0 heterocycles. The lowest BCUT2D eigenvalue weighted by atomic mass is 10.1. The molecule has 2 aromatic carbocycles. The van der Waals surface area contributed by atoms with Crippen molar-refractivity contribution in [2.75, 3.05) is 32.1 Å². The van der Waals surface area contributed by atoms with E-state index in [1.807, 2.05) is 0 Å². The molecule has 1 unspecified atom stereocenters. The Morgan fingerprint density at radius 1 is 0.923 bits per heavy atom. The number of aliphatic hydroxyl groups is 1. The Balaban J connectivity index is 1.64. The van der Waals surface area contributed by atoms with E-state index in [4.69, 9.17) is 0 Å². The molecule has 3 nitrogen and oxygen atoms in total. The highest BCUT2D eigenvalue weighted by Crippen LogP contribution is 2.29. The maximum atomic E-state index is 10.7.